The molecule has 0 aliphatic heterocycles. The lowest BCUT2D eigenvalue weighted by Crippen LogP contribution is -2.26. The molecule has 1 atom stereocenters. The first-order chi connectivity index (χ1) is 12.7. The van der Waals surface area contributed by atoms with Gasteiger partial charge in [-0.15, -0.1) is 0 Å². The summed E-state index contributed by atoms with van der Waals surface area (Å²) in [6.07, 6.45) is 0. The number of nitrogens with one attached hydrogen (secondary N) is 1. The molecule has 0 saturated carbocycles. The van der Waals surface area contributed by atoms with Crippen LogP contribution >= 0.6 is 11.6 Å². The van der Waals surface area contributed by atoms with Crippen molar-refractivity contribution in [1.82, 2.24) is 10.5 Å². The molecule has 0 fully saturated rings. The van der Waals surface area contributed by atoms with Gasteiger partial charge in [-0.3, -0.25) is 4.79 Å². The number of aromatic nitrogens is 1. The summed E-state index contributed by atoms with van der Waals surface area (Å²) in [5, 5.41) is 12.2. The Morgan fingerprint density at radius 3 is 2.37 bits per heavy atom. The number of halogens is 1. The van der Waals surface area contributed by atoms with E-state index in [0.717, 1.165) is 11.1 Å². The highest BCUT2D eigenvalue weighted by molar-refractivity contribution is 7.89. The van der Waals surface area contributed by atoms with Crippen LogP contribution in [0.25, 0.3) is 11.3 Å². The zero-order chi connectivity index (χ0) is 19.6. The average molecular weight is 406 g/mol. The Bertz CT molecular complexity index is 1060. The van der Waals surface area contributed by atoms with E-state index >= 15 is 0 Å². The van der Waals surface area contributed by atoms with E-state index in [1.165, 1.54) is 18.2 Å². The second-order valence-corrected chi connectivity index (χ2v) is 7.89. The van der Waals surface area contributed by atoms with Crippen molar-refractivity contribution in [3.05, 3.63) is 70.9 Å². The Labute approximate surface area is 161 Å². The number of carbonyl (C=O) groups is 1. The van der Waals surface area contributed by atoms with Crippen LogP contribution in [0, 0.1) is 0 Å². The van der Waals surface area contributed by atoms with Crippen LogP contribution in [-0.4, -0.2) is 19.5 Å². The van der Waals surface area contributed by atoms with Crippen molar-refractivity contribution in [2.24, 2.45) is 5.14 Å². The van der Waals surface area contributed by atoms with E-state index in [0.29, 0.717) is 10.8 Å². The third kappa shape index (κ3) is 4.54. The Balaban J connectivity index is 1.71. The molecule has 0 aliphatic rings. The molecule has 3 aromatic rings. The van der Waals surface area contributed by atoms with E-state index in [1.54, 1.807) is 43.3 Å². The molecule has 9 heteroatoms. The van der Waals surface area contributed by atoms with Crippen molar-refractivity contribution < 1.29 is 17.7 Å². The number of nitrogens with two attached hydrogens (primary N) is 1. The van der Waals surface area contributed by atoms with Gasteiger partial charge in [-0.1, -0.05) is 28.9 Å². The molecule has 0 spiro atoms. The lowest BCUT2D eigenvalue weighted by Gasteiger charge is -2.13. The molecule has 0 saturated heterocycles. The van der Waals surface area contributed by atoms with Crippen molar-refractivity contribution in [3.8, 4) is 11.3 Å². The van der Waals surface area contributed by atoms with Crippen LogP contribution in [0.3, 0.4) is 0 Å². The van der Waals surface area contributed by atoms with Crippen LogP contribution in [0.4, 0.5) is 0 Å². The fraction of sp³-hybridized carbons (Fsp3) is 0.111. The van der Waals surface area contributed by atoms with Crippen molar-refractivity contribution >= 4 is 27.5 Å². The molecule has 7 nitrogen and oxygen atoms in total. The van der Waals surface area contributed by atoms with Crippen LogP contribution in [0.2, 0.25) is 5.02 Å². The smallest absolute Gasteiger partial charge is 0.273 e. The predicted octanol–water partition coefficient (Wildman–Crippen LogP) is 3.13. The van der Waals surface area contributed by atoms with Gasteiger partial charge in [-0.2, -0.15) is 0 Å². The van der Waals surface area contributed by atoms with Crippen LogP contribution in [0.5, 0.6) is 0 Å². The quantitative estimate of drug-likeness (QED) is 0.676. The molecular formula is C18H16ClN3O4S. The van der Waals surface area contributed by atoms with Gasteiger partial charge in [0.15, 0.2) is 11.5 Å². The fourth-order valence-electron chi connectivity index (χ4n) is 2.43. The Morgan fingerprint density at radius 1 is 1.15 bits per heavy atom. The van der Waals surface area contributed by atoms with E-state index in [1.807, 2.05) is 0 Å². The molecule has 2 aromatic carbocycles. The predicted molar refractivity (Wildman–Crippen MR) is 101 cm³/mol. The maximum atomic E-state index is 12.4. The second-order valence-electron chi connectivity index (χ2n) is 5.89. The Morgan fingerprint density at radius 2 is 1.78 bits per heavy atom. The minimum absolute atomic E-state index is 0.00823. The number of hydrogen-bond acceptors (Lipinski definition) is 5. The fourth-order valence-corrected chi connectivity index (χ4v) is 3.07. The van der Waals surface area contributed by atoms with E-state index in [-0.39, 0.29) is 16.6 Å². The first-order valence-corrected chi connectivity index (χ1v) is 9.83. The van der Waals surface area contributed by atoms with Crippen LogP contribution in [0.15, 0.2) is 64.0 Å². The van der Waals surface area contributed by atoms with Crippen molar-refractivity contribution in [2.75, 3.05) is 0 Å². The molecule has 140 valence electrons. The van der Waals surface area contributed by atoms with E-state index < -0.39 is 15.9 Å². The molecule has 1 amide bonds. The highest BCUT2D eigenvalue weighted by atomic mass is 35.5. The largest absolute Gasteiger partial charge is 0.355 e. The summed E-state index contributed by atoms with van der Waals surface area (Å²) in [5.74, 6) is 0.0314. The number of nitrogens with zero attached hydrogens (tertiary/aromatic N) is 1. The van der Waals surface area contributed by atoms with Gasteiger partial charge in [0.2, 0.25) is 10.0 Å². The van der Waals surface area contributed by atoms with Crippen LogP contribution in [0.1, 0.15) is 29.0 Å². The molecular weight excluding hydrogens is 390 g/mol. The highest BCUT2D eigenvalue weighted by Crippen LogP contribution is 2.23. The summed E-state index contributed by atoms with van der Waals surface area (Å²) in [4.78, 5) is 12.4. The van der Waals surface area contributed by atoms with Gasteiger partial charge in [0.25, 0.3) is 5.91 Å². The molecule has 3 N–H and O–H groups in total. The normalized spacial score (nSPS) is 12.6. The summed E-state index contributed by atoms with van der Waals surface area (Å²) in [6.45, 7) is 1.77. The zero-order valence-corrected chi connectivity index (χ0v) is 15.8. The standard InChI is InChI=1S/C18H16ClN3O4S/c1-11(12-4-8-15(9-5-12)27(20,24)25)21-18(23)16-10-17(26-22-16)13-2-6-14(19)7-3-13/h2-11H,1H3,(H,21,23)(H2,20,24,25). The van der Waals surface area contributed by atoms with Gasteiger partial charge < -0.3 is 9.84 Å². The van der Waals surface area contributed by atoms with Crippen molar-refractivity contribution in [1.29, 1.82) is 0 Å². The average Bonchev–Trinajstić information content (AvgIpc) is 3.12. The van der Waals surface area contributed by atoms with Gasteiger partial charge in [0, 0.05) is 16.7 Å². The molecule has 0 aliphatic carbocycles. The molecule has 1 unspecified atom stereocenters. The lowest BCUT2D eigenvalue weighted by molar-refractivity contribution is 0.0931. The summed E-state index contributed by atoms with van der Waals surface area (Å²) in [7, 11) is -3.76. The van der Waals surface area contributed by atoms with E-state index in [2.05, 4.69) is 10.5 Å². The van der Waals surface area contributed by atoms with Gasteiger partial charge in [-0.05, 0) is 48.9 Å². The third-order valence-corrected chi connectivity index (χ3v) is 5.11. The SMILES string of the molecule is CC(NC(=O)c1cc(-c2ccc(Cl)cc2)on1)c1ccc(S(N)(=O)=O)cc1. The number of rotatable bonds is 5. The monoisotopic (exact) mass is 405 g/mol. The first-order valence-electron chi connectivity index (χ1n) is 7.90. The van der Waals surface area contributed by atoms with Gasteiger partial charge in [0.1, 0.15) is 0 Å². The number of primary sulfonamides is 1. The minimum atomic E-state index is -3.76. The molecule has 1 heterocycles. The van der Waals surface area contributed by atoms with Crippen LogP contribution < -0.4 is 10.5 Å². The third-order valence-electron chi connectivity index (χ3n) is 3.93. The van der Waals surface area contributed by atoms with Crippen molar-refractivity contribution in [2.45, 2.75) is 17.9 Å². The summed E-state index contributed by atoms with van der Waals surface area (Å²) >= 11 is 5.85. The van der Waals surface area contributed by atoms with Crippen LogP contribution in [-0.2, 0) is 10.0 Å². The van der Waals surface area contributed by atoms with E-state index in [9.17, 15) is 13.2 Å². The maximum Gasteiger partial charge on any atom is 0.273 e. The highest BCUT2D eigenvalue weighted by Gasteiger charge is 2.17. The Kier molecular flexibility index (Phi) is 5.31. The molecule has 0 radical (unpaired) electrons. The number of sulfonamides is 1. The maximum absolute atomic E-state index is 12.4. The first kappa shape index (κ1) is 19.1. The summed E-state index contributed by atoms with van der Waals surface area (Å²) in [6, 6.07) is 14.1. The number of hydrogen-bond donors (Lipinski definition) is 2. The number of carbonyl (C=O) groups excluding carboxylic acids is 1. The van der Waals surface area contributed by atoms with Gasteiger partial charge >= 0.3 is 0 Å². The Hall–Kier alpha value is -2.68. The minimum Gasteiger partial charge on any atom is -0.355 e. The van der Waals surface area contributed by atoms with Gasteiger partial charge in [-0.25, -0.2) is 13.6 Å². The van der Waals surface area contributed by atoms with Crippen molar-refractivity contribution in [3.63, 3.8) is 0 Å². The topological polar surface area (TPSA) is 115 Å². The zero-order valence-electron chi connectivity index (χ0n) is 14.2. The second kappa shape index (κ2) is 7.51. The number of amides is 1. The number of benzene rings is 2. The van der Waals surface area contributed by atoms with E-state index in [4.69, 9.17) is 21.3 Å². The lowest BCUT2D eigenvalue weighted by atomic mass is 10.1. The summed E-state index contributed by atoms with van der Waals surface area (Å²) in [5.41, 5.74) is 1.60. The van der Waals surface area contributed by atoms with Gasteiger partial charge in [0.05, 0.1) is 10.9 Å². The molecule has 1 aromatic heterocycles. The molecule has 27 heavy (non-hydrogen) atoms. The summed E-state index contributed by atoms with van der Waals surface area (Å²) < 4.78 is 27.8. The molecule has 3 rings (SSSR count). The molecule has 0 bridgehead atoms.